The summed E-state index contributed by atoms with van der Waals surface area (Å²) in [5.41, 5.74) is 12.1. The third-order valence-electron chi connectivity index (χ3n) is 2.41. The lowest BCUT2D eigenvalue weighted by Crippen LogP contribution is -2.30. The van der Waals surface area contributed by atoms with Crippen LogP contribution in [-0.4, -0.2) is 42.4 Å². The highest BCUT2D eigenvalue weighted by atomic mass is 16.3. The van der Waals surface area contributed by atoms with E-state index in [1.54, 1.807) is 23.1 Å². The molecule has 0 spiro atoms. The Hall–Kier alpha value is -1.79. The molecule has 0 aliphatic rings. The molecule has 0 aliphatic heterocycles. The molecule has 0 fully saturated rings. The Morgan fingerprint density at radius 2 is 1.82 bits per heavy atom. The summed E-state index contributed by atoms with van der Waals surface area (Å²) in [5.74, 6) is -0.600. The molecule has 0 bridgehead atoms. The fraction of sp³-hybridized carbons (Fsp3) is 0.364. The summed E-state index contributed by atoms with van der Waals surface area (Å²) in [5, 5.41) is 17.8. The van der Waals surface area contributed by atoms with Crippen LogP contribution in [0.3, 0.4) is 0 Å². The summed E-state index contributed by atoms with van der Waals surface area (Å²) >= 11 is 0. The van der Waals surface area contributed by atoms with Crippen molar-refractivity contribution >= 4 is 17.3 Å². The van der Waals surface area contributed by atoms with Gasteiger partial charge in [-0.2, -0.15) is 0 Å². The second kappa shape index (κ2) is 6.07. The van der Waals surface area contributed by atoms with E-state index in [1.807, 2.05) is 0 Å². The molecule has 0 heterocycles. The summed E-state index contributed by atoms with van der Waals surface area (Å²) < 4.78 is 0. The highest BCUT2D eigenvalue weighted by Gasteiger charge is 2.11. The van der Waals surface area contributed by atoms with Gasteiger partial charge in [-0.05, 0) is 18.2 Å². The molecule has 0 saturated heterocycles. The van der Waals surface area contributed by atoms with E-state index in [2.05, 4.69) is 0 Å². The number of aliphatic hydroxyl groups is 2. The van der Waals surface area contributed by atoms with E-state index < -0.39 is 5.91 Å². The van der Waals surface area contributed by atoms with Gasteiger partial charge in [0.25, 0.3) is 5.91 Å². The van der Waals surface area contributed by atoms with Gasteiger partial charge in [0, 0.05) is 24.5 Å². The van der Waals surface area contributed by atoms with Crippen molar-refractivity contribution in [3.63, 3.8) is 0 Å². The standard InChI is InChI=1S/C11H17N3O3/c12-10-2-1-8(7-9(10)11(13)17)14(3-5-15)4-6-16/h1-2,7,15-16H,3-6,12H2,(H2,13,17). The number of aliphatic hydroxyl groups excluding tert-OH is 2. The molecule has 1 aromatic rings. The molecule has 1 amide bonds. The first-order chi connectivity index (χ1) is 8.10. The molecule has 6 heteroatoms. The van der Waals surface area contributed by atoms with Crippen LogP contribution >= 0.6 is 0 Å². The number of benzene rings is 1. The van der Waals surface area contributed by atoms with Gasteiger partial charge < -0.3 is 26.6 Å². The number of nitrogens with two attached hydrogens (primary N) is 2. The molecule has 0 aromatic heterocycles. The SMILES string of the molecule is NC(=O)c1cc(N(CCO)CCO)ccc1N. The van der Waals surface area contributed by atoms with Crippen LogP contribution in [-0.2, 0) is 0 Å². The van der Waals surface area contributed by atoms with Gasteiger partial charge in [-0.25, -0.2) is 0 Å². The van der Waals surface area contributed by atoms with Crippen molar-refractivity contribution in [2.75, 3.05) is 36.9 Å². The minimum atomic E-state index is -0.600. The molecule has 0 aliphatic carbocycles. The third kappa shape index (κ3) is 3.33. The fourth-order valence-corrected chi connectivity index (χ4v) is 1.57. The zero-order valence-corrected chi connectivity index (χ0v) is 9.47. The lowest BCUT2D eigenvalue weighted by Gasteiger charge is -2.23. The molecule has 0 radical (unpaired) electrons. The van der Waals surface area contributed by atoms with Crippen molar-refractivity contribution in [3.05, 3.63) is 23.8 Å². The van der Waals surface area contributed by atoms with Crippen LogP contribution in [0.25, 0.3) is 0 Å². The molecule has 94 valence electrons. The van der Waals surface area contributed by atoms with Gasteiger partial charge in [0.1, 0.15) is 0 Å². The fourth-order valence-electron chi connectivity index (χ4n) is 1.57. The molecular formula is C11H17N3O3. The second-order valence-electron chi connectivity index (χ2n) is 3.57. The molecule has 6 nitrogen and oxygen atoms in total. The maximum atomic E-state index is 11.1. The van der Waals surface area contributed by atoms with Crippen molar-refractivity contribution in [2.45, 2.75) is 0 Å². The minimum Gasteiger partial charge on any atom is -0.398 e. The number of primary amides is 1. The second-order valence-corrected chi connectivity index (χ2v) is 3.57. The molecule has 6 N–H and O–H groups in total. The van der Waals surface area contributed by atoms with E-state index >= 15 is 0 Å². The Balaban J connectivity index is 3.03. The number of hydrogen-bond acceptors (Lipinski definition) is 5. The van der Waals surface area contributed by atoms with Crippen LogP contribution < -0.4 is 16.4 Å². The van der Waals surface area contributed by atoms with Crippen LogP contribution in [0.4, 0.5) is 11.4 Å². The molecule has 0 unspecified atom stereocenters. The van der Waals surface area contributed by atoms with Crippen LogP contribution in [0.5, 0.6) is 0 Å². The van der Waals surface area contributed by atoms with Gasteiger partial charge in [0.2, 0.25) is 0 Å². The number of nitrogen functional groups attached to an aromatic ring is 1. The zero-order chi connectivity index (χ0) is 12.8. The van der Waals surface area contributed by atoms with Gasteiger partial charge in [-0.3, -0.25) is 4.79 Å². The highest BCUT2D eigenvalue weighted by Crippen LogP contribution is 2.20. The van der Waals surface area contributed by atoms with Crippen molar-refractivity contribution < 1.29 is 15.0 Å². The Labute approximate surface area is 99.4 Å². The van der Waals surface area contributed by atoms with Gasteiger partial charge >= 0.3 is 0 Å². The maximum Gasteiger partial charge on any atom is 0.250 e. The Morgan fingerprint density at radius 1 is 1.24 bits per heavy atom. The third-order valence-corrected chi connectivity index (χ3v) is 2.41. The van der Waals surface area contributed by atoms with E-state index in [4.69, 9.17) is 21.7 Å². The number of carbonyl (C=O) groups is 1. The molecule has 0 saturated carbocycles. The molecule has 0 atom stereocenters. The van der Waals surface area contributed by atoms with E-state index in [-0.39, 0.29) is 18.8 Å². The van der Waals surface area contributed by atoms with Crippen LogP contribution in [0.1, 0.15) is 10.4 Å². The summed E-state index contributed by atoms with van der Waals surface area (Å²) in [6, 6.07) is 4.85. The van der Waals surface area contributed by atoms with Gasteiger partial charge in [-0.1, -0.05) is 0 Å². The van der Waals surface area contributed by atoms with Crippen LogP contribution in [0.2, 0.25) is 0 Å². The Bertz CT molecular complexity index is 390. The number of hydrogen-bond donors (Lipinski definition) is 4. The predicted octanol–water partition coefficient (Wildman–Crippen LogP) is -0.841. The zero-order valence-electron chi connectivity index (χ0n) is 9.47. The van der Waals surface area contributed by atoms with Crippen molar-refractivity contribution in [3.8, 4) is 0 Å². The quantitative estimate of drug-likeness (QED) is 0.483. The number of carbonyl (C=O) groups excluding carboxylic acids is 1. The van der Waals surface area contributed by atoms with Gasteiger partial charge in [-0.15, -0.1) is 0 Å². The molecule has 17 heavy (non-hydrogen) atoms. The number of rotatable bonds is 6. The summed E-state index contributed by atoms with van der Waals surface area (Å²) in [7, 11) is 0. The van der Waals surface area contributed by atoms with E-state index in [1.165, 1.54) is 0 Å². The lowest BCUT2D eigenvalue weighted by molar-refractivity contribution is 0.100. The first-order valence-electron chi connectivity index (χ1n) is 5.26. The molecular weight excluding hydrogens is 222 g/mol. The van der Waals surface area contributed by atoms with Crippen molar-refractivity contribution in [2.24, 2.45) is 5.73 Å². The van der Waals surface area contributed by atoms with Crippen LogP contribution in [0.15, 0.2) is 18.2 Å². The van der Waals surface area contributed by atoms with E-state index in [9.17, 15) is 4.79 Å². The van der Waals surface area contributed by atoms with Crippen molar-refractivity contribution in [1.82, 2.24) is 0 Å². The first kappa shape index (κ1) is 13.3. The summed E-state index contributed by atoms with van der Waals surface area (Å²) in [6.07, 6.45) is 0. The van der Waals surface area contributed by atoms with E-state index in [0.29, 0.717) is 24.5 Å². The average molecular weight is 239 g/mol. The monoisotopic (exact) mass is 239 g/mol. The largest absolute Gasteiger partial charge is 0.398 e. The smallest absolute Gasteiger partial charge is 0.250 e. The first-order valence-corrected chi connectivity index (χ1v) is 5.26. The molecule has 1 aromatic carbocycles. The Kier molecular flexibility index (Phi) is 4.74. The molecule has 1 rings (SSSR count). The lowest BCUT2D eigenvalue weighted by atomic mass is 10.1. The number of amides is 1. The predicted molar refractivity (Wildman–Crippen MR) is 65.8 cm³/mol. The summed E-state index contributed by atoms with van der Waals surface area (Å²) in [6.45, 7) is 0.637. The minimum absolute atomic E-state index is 0.0454. The topological polar surface area (TPSA) is 113 Å². The summed E-state index contributed by atoms with van der Waals surface area (Å²) in [4.78, 5) is 12.9. The van der Waals surface area contributed by atoms with Gasteiger partial charge in [0.15, 0.2) is 0 Å². The van der Waals surface area contributed by atoms with Gasteiger partial charge in [0.05, 0.1) is 18.8 Å². The van der Waals surface area contributed by atoms with E-state index in [0.717, 1.165) is 0 Å². The highest BCUT2D eigenvalue weighted by molar-refractivity contribution is 5.99. The normalized spacial score (nSPS) is 10.2. The average Bonchev–Trinajstić information content (AvgIpc) is 2.29. The number of anilines is 2. The van der Waals surface area contributed by atoms with Crippen LogP contribution in [0, 0.1) is 0 Å². The Morgan fingerprint density at radius 3 is 2.29 bits per heavy atom. The maximum absolute atomic E-state index is 11.1. The number of nitrogens with zero attached hydrogens (tertiary/aromatic N) is 1. The van der Waals surface area contributed by atoms with Crippen molar-refractivity contribution in [1.29, 1.82) is 0 Å².